The average Bonchev–Trinajstić information content (AvgIpc) is 2.77. The number of benzene rings is 1. The number of para-hydroxylation sites is 1. The van der Waals surface area contributed by atoms with Gasteiger partial charge in [0.05, 0.1) is 0 Å². The van der Waals surface area contributed by atoms with E-state index in [4.69, 9.17) is 15.6 Å². The molecule has 0 saturated carbocycles. The van der Waals surface area contributed by atoms with Crippen LogP contribution < -0.4 is 15.8 Å². The maximum absolute atomic E-state index is 9.15. The summed E-state index contributed by atoms with van der Waals surface area (Å²) in [5, 5.41) is 12.7. The quantitative estimate of drug-likeness (QED) is 0.720. The minimum Gasteiger partial charge on any atom is -0.487 e. The Labute approximate surface area is 127 Å². The number of rotatable bonds is 7. The number of nitrogens with one attached hydrogen (secondary N) is 1. The van der Waals surface area contributed by atoms with E-state index in [0.29, 0.717) is 6.54 Å². The molecule has 2 atom stereocenters. The van der Waals surface area contributed by atoms with Crippen LogP contribution in [0.5, 0.6) is 5.75 Å². The summed E-state index contributed by atoms with van der Waals surface area (Å²) in [5.74, 6) is 0.990. The van der Waals surface area contributed by atoms with Crippen molar-refractivity contribution in [2.75, 3.05) is 13.2 Å². The number of hydrogen-bond acceptors (Lipinski definition) is 4. The predicted octanol–water partition coefficient (Wildman–Crippen LogP) is 2.15. The summed E-state index contributed by atoms with van der Waals surface area (Å²) in [4.78, 5) is 0. The number of fused-ring (bicyclic) bond motifs is 1. The monoisotopic (exact) mass is 292 g/mol. The Hall–Kier alpha value is -1.10. The molecule has 0 bridgehead atoms. The molecule has 0 saturated heterocycles. The van der Waals surface area contributed by atoms with Crippen LogP contribution >= 0.6 is 0 Å². The lowest BCUT2D eigenvalue weighted by Crippen LogP contribution is -2.37. The fourth-order valence-electron chi connectivity index (χ4n) is 3.04. The van der Waals surface area contributed by atoms with Gasteiger partial charge in [-0.3, -0.25) is 0 Å². The van der Waals surface area contributed by atoms with Gasteiger partial charge in [-0.15, -0.1) is 0 Å². The fourth-order valence-corrected chi connectivity index (χ4v) is 3.04. The van der Waals surface area contributed by atoms with Gasteiger partial charge in [0.25, 0.3) is 0 Å². The third-order valence-electron chi connectivity index (χ3n) is 4.14. The van der Waals surface area contributed by atoms with Gasteiger partial charge in [0.1, 0.15) is 11.4 Å². The summed E-state index contributed by atoms with van der Waals surface area (Å²) >= 11 is 0. The molecule has 0 amide bonds. The number of ether oxygens (including phenoxy) is 1. The number of aliphatic hydroxyl groups is 1. The zero-order valence-electron chi connectivity index (χ0n) is 13.4. The van der Waals surface area contributed by atoms with E-state index in [1.165, 1.54) is 5.56 Å². The predicted molar refractivity (Wildman–Crippen MR) is 85.6 cm³/mol. The highest BCUT2D eigenvalue weighted by atomic mass is 16.5. The normalized spacial score (nSPS) is 18.9. The van der Waals surface area contributed by atoms with E-state index in [9.17, 15) is 0 Å². The van der Waals surface area contributed by atoms with E-state index in [-0.39, 0.29) is 24.3 Å². The molecule has 0 aromatic heterocycles. The number of aliphatic hydroxyl groups excluding tert-OH is 1. The van der Waals surface area contributed by atoms with E-state index in [1.54, 1.807) is 0 Å². The van der Waals surface area contributed by atoms with Gasteiger partial charge in [0.15, 0.2) is 0 Å². The Balaban J connectivity index is 2.22. The lowest BCUT2D eigenvalue weighted by Gasteiger charge is -2.26. The van der Waals surface area contributed by atoms with Crippen molar-refractivity contribution in [3.8, 4) is 5.75 Å². The van der Waals surface area contributed by atoms with E-state index >= 15 is 0 Å². The van der Waals surface area contributed by atoms with Gasteiger partial charge in [-0.25, -0.2) is 0 Å². The van der Waals surface area contributed by atoms with Crippen LogP contribution in [-0.4, -0.2) is 29.9 Å². The van der Waals surface area contributed by atoms with Crippen LogP contribution in [0.1, 0.15) is 50.8 Å². The van der Waals surface area contributed by atoms with Crippen molar-refractivity contribution < 1.29 is 9.84 Å². The molecule has 1 aromatic rings. The summed E-state index contributed by atoms with van der Waals surface area (Å²) < 4.78 is 6.14. The van der Waals surface area contributed by atoms with Crippen molar-refractivity contribution in [2.45, 2.75) is 57.7 Å². The Bertz CT molecular complexity index is 474. The van der Waals surface area contributed by atoms with Gasteiger partial charge in [-0.2, -0.15) is 0 Å². The first-order chi connectivity index (χ1) is 10.0. The summed E-state index contributed by atoms with van der Waals surface area (Å²) in [5.41, 5.74) is 8.23. The van der Waals surface area contributed by atoms with Crippen molar-refractivity contribution in [3.63, 3.8) is 0 Å². The van der Waals surface area contributed by atoms with Crippen LogP contribution in [0.3, 0.4) is 0 Å². The van der Waals surface area contributed by atoms with E-state index in [1.807, 2.05) is 0 Å². The molecule has 0 aliphatic carbocycles. The van der Waals surface area contributed by atoms with Crippen molar-refractivity contribution in [3.05, 3.63) is 29.3 Å². The van der Waals surface area contributed by atoms with Crippen molar-refractivity contribution >= 4 is 0 Å². The molecule has 0 radical (unpaired) electrons. The molecule has 21 heavy (non-hydrogen) atoms. The van der Waals surface area contributed by atoms with E-state index in [0.717, 1.165) is 30.6 Å². The maximum atomic E-state index is 9.15. The summed E-state index contributed by atoms with van der Waals surface area (Å²) in [7, 11) is 0. The van der Waals surface area contributed by atoms with Crippen LogP contribution in [-0.2, 0) is 6.42 Å². The largest absolute Gasteiger partial charge is 0.487 e. The van der Waals surface area contributed by atoms with Crippen molar-refractivity contribution in [1.29, 1.82) is 0 Å². The highest BCUT2D eigenvalue weighted by Gasteiger charge is 2.33. The zero-order valence-corrected chi connectivity index (χ0v) is 13.4. The zero-order chi connectivity index (χ0) is 15.5. The molecule has 1 aliphatic rings. The lowest BCUT2D eigenvalue weighted by molar-refractivity contribution is 0.136. The summed E-state index contributed by atoms with van der Waals surface area (Å²) in [6, 6.07) is 6.64. The number of nitrogens with two attached hydrogens (primary N) is 1. The van der Waals surface area contributed by atoms with Crippen LogP contribution in [0.15, 0.2) is 18.2 Å². The maximum Gasteiger partial charge on any atom is 0.128 e. The van der Waals surface area contributed by atoms with Gasteiger partial charge in [0, 0.05) is 37.2 Å². The lowest BCUT2D eigenvalue weighted by atomic mass is 9.97. The molecule has 4 N–H and O–H groups in total. The van der Waals surface area contributed by atoms with Crippen molar-refractivity contribution in [1.82, 2.24) is 5.32 Å². The second-order valence-electron chi connectivity index (χ2n) is 6.45. The van der Waals surface area contributed by atoms with Gasteiger partial charge >= 0.3 is 0 Å². The molecule has 2 rings (SSSR count). The fraction of sp³-hybridized carbons (Fsp3) is 0.647. The third-order valence-corrected chi connectivity index (χ3v) is 4.14. The first kappa shape index (κ1) is 16.3. The van der Waals surface area contributed by atoms with Crippen LogP contribution in [0.4, 0.5) is 0 Å². The molecule has 118 valence electrons. The second kappa shape index (κ2) is 6.77. The van der Waals surface area contributed by atoms with E-state index in [2.05, 4.69) is 44.3 Å². The first-order valence-electron chi connectivity index (χ1n) is 7.88. The number of hydrogen-bond donors (Lipinski definition) is 3. The second-order valence-corrected chi connectivity index (χ2v) is 6.45. The molecule has 0 fully saturated rings. The molecule has 1 aromatic carbocycles. The first-order valence-corrected chi connectivity index (χ1v) is 7.88. The average molecular weight is 292 g/mol. The highest BCUT2D eigenvalue weighted by Crippen LogP contribution is 2.39. The Morgan fingerprint density at radius 2 is 2.19 bits per heavy atom. The Kier molecular flexibility index (Phi) is 5.25. The highest BCUT2D eigenvalue weighted by molar-refractivity contribution is 5.47. The molecule has 1 aliphatic heterocycles. The molecular formula is C17H28N2O2. The van der Waals surface area contributed by atoms with Crippen molar-refractivity contribution in [2.24, 2.45) is 5.73 Å². The Morgan fingerprint density at radius 1 is 1.43 bits per heavy atom. The van der Waals surface area contributed by atoms with Gasteiger partial charge in [-0.05, 0) is 32.3 Å². The van der Waals surface area contributed by atoms with Crippen LogP contribution in [0, 0.1) is 0 Å². The van der Waals surface area contributed by atoms with Gasteiger partial charge in [0.2, 0.25) is 0 Å². The Morgan fingerprint density at radius 3 is 2.81 bits per heavy atom. The van der Waals surface area contributed by atoms with Gasteiger partial charge in [-0.1, -0.05) is 25.1 Å². The van der Waals surface area contributed by atoms with E-state index < -0.39 is 0 Å². The minimum absolute atomic E-state index is 0.0605. The molecule has 0 spiro atoms. The molecule has 4 nitrogen and oxygen atoms in total. The van der Waals surface area contributed by atoms with Crippen LogP contribution in [0.2, 0.25) is 0 Å². The molecule has 4 heteroatoms. The molecular weight excluding hydrogens is 264 g/mol. The minimum atomic E-state index is -0.146. The SMILES string of the molecule is CCC(CCO)NC(CN)c1cccc2c1OC(C)(C)C2. The topological polar surface area (TPSA) is 67.5 Å². The smallest absolute Gasteiger partial charge is 0.128 e. The molecule has 1 heterocycles. The standard InChI is InChI=1S/C17H28N2O2/c1-4-13(8-9-20)19-15(11-18)14-7-5-6-12-10-17(2,3)21-16(12)14/h5-7,13,15,19-20H,4,8-11,18H2,1-3H3. The van der Waals surface area contributed by atoms with Gasteiger partial charge < -0.3 is 20.9 Å². The third kappa shape index (κ3) is 3.76. The molecule has 2 unspecified atom stereocenters. The summed E-state index contributed by atoms with van der Waals surface area (Å²) in [6.07, 6.45) is 2.65. The summed E-state index contributed by atoms with van der Waals surface area (Å²) in [6.45, 7) is 7.06. The van der Waals surface area contributed by atoms with Crippen LogP contribution in [0.25, 0.3) is 0 Å².